The van der Waals surface area contributed by atoms with Crippen LogP contribution in [0.5, 0.6) is 0 Å². The lowest BCUT2D eigenvalue weighted by Crippen LogP contribution is -3.00. The van der Waals surface area contributed by atoms with E-state index in [1.807, 2.05) is 0 Å². The van der Waals surface area contributed by atoms with Gasteiger partial charge in [0, 0.05) is 0 Å². The smallest absolute Gasteiger partial charge is 0.0740 e. The average Bonchev–Trinajstić information content (AvgIpc) is 2.69. The SMILES string of the molecule is [Br-].[NH3+]CCCC(Cc1ccccc1)(Cc1ccccc1)Cc1ccccc1. The summed E-state index contributed by atoms with van der Waals surface area (Å²) in [6.45, 7) is 1.00. The van der Waals surface area contributed by atoms with Gasteiger partial charge in [0.25, 0.3) is 0 Å². The molecule has 0 aliphatic heterocycles. The first-order valence-electron chi connectivity index (χ1n) is 9.71. The topological polar surface area (TPSA) is 27.6 Å². The molecule has 0 spiro atoms. The van der Waals surface area contributed by atoms with Crippen molar-refractivity contribution in [3.63, 3.8) is 0 Å². The molecule has 0 fully saturated rings. The second-order valence-electron chi connectivity index (χ2n) is 7.44. The molecule has 3 aromatic rings. The highest BCUT2D eigenvalue weighted by Gasteiger charge is 2.31. The highest BCUT2D eigenvalue weighted by molar-refractivity contribution is 5.24. The van der Waals surface area contributed by atoms with E-state index in [-0.39, 0.29) is 22.4 Å². The predicted molar refractivity (Wildman–Crippen MR) is 110 cm³/mol. The Bertz CT molecular complexity index is 655. The molecule has 0 radical (unpaired) electrons. The van der Waals surface area contributed by atoms with Crippen molar-refractivity contribution in [3.8, 4) is 0 Å². The fourth-order valence-electron chi connectivity index (χ4n) is 4.04. The molecule has 3 rings (SSSR count). The maximum Gasteiger partial charge on any atom is 0.0740 e. The van der Waals surface area contributed by atoms with Crippen LogP contribution in [0.3, 0.4) is 0 Å². The third kappa shape index (κ3) is 6.64. The van der Waals surface area contributed by atoms with Crippen molar-refractivity contribution in [1.82, 2.24) is 0 Å². The van der Waals surface area contributed by atoms with E-state index in [0.717, 1.165) is 25.8 Å². The Hall–Kier alpha value is -1.90. The second kappa shape index (κ2) is 11.1. The lowest BCUT2D eigenvalue weighted by atomic mass is 9.69. The number of hydrogen-bond donors (Lipinski definition) is 1. The Morgan fingerprint density at radius 2 is 0.889 bits per heavy atom. The van der Waals surface area contributed by atoms with E-state index in [1.165, 1.54) is 29.5 Å². The largest absolute Gasteiger partial charge is 1.00 e. The van der Waals surface area contributed by atoms with Crippen LogP contribution in [0.2, 0.25) is 0 Å². The summed E-state index contributed by atoms with van der Waals surface area (Å²) in [5.41, 5.74) is 8.64. The van der Waals surface area contributed by atoms with Crippen LogP contribution in [0.15, 0.2) is 91.0 Å². The minimum Gasteiger partial charge on any atom is -1.00 e. The van der Waals surface area contributed by atoms with Gasteiger partial charge in [-0.2, -0.15) is 0 Å². The van der Waals surface area contributed by atoms with Gasteiger partial charge in [-0.05, 0) is 54.2 Å². The summed E-state index contributed by atoms with van der Waals surface area (Å²) in [6.07, 6.45) is 5.70. The van der Waals surface area contributed by atoms with E-state index in [4.69, 9.17) is 0 Å². The summed E-state index contributed by atoms with van der Waals surface area (Å²) in [7, 11) is 0. The van der Waals surface area contributed by atoms with Crippen LogP contribution < -0.4 is 22.7 Å². The molecular formula is C25H30BrN. The zero-order valence-corrected chi connectivity index (χ0v) is 17.6. The van der Waals surface area contributed by atoms with Crippen LogP contribution in [0.4, 0.5) is 0 Å². The van der Waals surface area contributed by atoms with E-state index in [9.17, 15) is 0 Å². The molecule has 0 atom stereocenters. The first-order valence-corrected chi connectivity index (χ1v) is 9.71. The summed E-state index contributed by atoms with van der Waals surface area (Å²) in [5.74, 6) is 0. The van der Waals surface area contributed by atoms with Crippen molar-refractivity contribution in [3.05, 3.63) is 108 Å². The van der Waals surface area contributed by atoms with Crippen LogP contribution in [-0.2, 0) is 19.3 Å². The number of quaternary nitrogens is 1. The van der Waals surface area contributed by atoms with Gasteiger partial charge < -0.3 is 22.7 Å². The van der Waals surface area contributed by atoms with Gasteiger partial charge in [-0.15, -0.1) is 0 Å². The molecule has 3 N–H and O–H groups in total. The van der Waals surface area contributed by atoms with Crippen molar-refractivity contribution >= 4 is 0 Å². The Labute approximate surface area is 174 Å². The van der Waals surface area contributed by atoms with Gasteiger partial charge in [0.1, 0.15) is 0 Å². The highest BCUT2D eigenvalue weighted by Crippen LogP contribution is 2.36. The third-order valence-corrected chi connectivity index (χ3v) is 5.22. The van der Waals surface area contributed by atoms with Crippen LogP contribution in [0, 0.1) is 5.41 Å². The third-order valence-electron chi connectivity index (χ3n) is 5.22. The summed E-state index contributed by atoms with van der Waals surface area (Å²) >= 11 is 0. The first-order chi connectivity index (χ1) is 12.8. The summed E-state index contributed by atoms with van der Waals surface area (Å²) in [4.78, 5) is 0. The van der Waals surface area contributed by atoms with Crippen molar-refractivity contribution in [1.29, 1.82) is 0 Å². The molecule has 0 aliphatic rings. The molecule has 0 unspecified atom stereocenters. The van der Waals surface area contributed by atoms with Gasteiger partial charge >= 0.3 is 0 Å². The van der Waals surface area contributed by atoms with Gasteiger partial charge in [0.05, 0.1) is 6.54 Å². The van der Waals surface area contributed by atoms with Crippen molar-refractivity contribution < 1.29 is 22.7 Å². The van der Waals surface area contributed by atoms with E-state index < -0.39 is 0 Å². The molecule has 1 nitrogen and oxygen atoms in total. The number of rotatable bonds is 9. The van der Waals surface area contributed by atoms with Crippen molar-refractivity contribution in [2.45, 2.75) is 32.1 Å². The molecule has 0 heterocycles. The molecule has 0 saturated heterocycles. The average molecular weight is 424 g/mol. The van der Waals surface area contributed by atoms with Gasteiger partial charge in [-0.3, -0.25) is 0 Å². The van der Waals surface area contributed by atoms with Gasteiger partial charge in [-0.25, -0.2) is 0 Å². The summed E-state index contributed by atoms with van der Waals surface area (Å²) in [6, 6.07) is 32.9. The van der Waals surface area contributed by atoms with Crippen LogP contribution >= 0.6 is 0 Å². The lowest BCUT2D eigenvalue weighted by molar-refractivity contribution is -0.369. The van der Waals surface area contributed by atoms with Gasteiger partial charge in [0.2, 0.25) is 0 Å². The molecule has 0 aliphatic carbocycles. The molecule has 2 heteroatoms. The zero-order valence-electron chi connectivity index (χ0n) is 16.0. The first kappa shape index (κ1) is 21.4. The number of hydrogen-bond acceptors (Lipinski definition) is 0. The van der Waals surface area contributed by atoms with Crippen LogP contribution in [-0.4, -0.2) is 6.54 Å². The minimum atomic E-state index is 0. The molecule has 3 aromatic carbocycles. The molecule has 0 saturated carbocycles. The molecule has 27 heavy (non-hydrogen) atoms. The second-order valence-corrected chi connectivity index (χ2v) is 7.44. The fourth-order valence-corrected chi connectivity index (χ4v) is 4.04. The Morgan fingerprint density at radius 3 is 1.19 bits per heavy atom. The van der Waals surface area contributed by atoms with Gasteiger partial charge in [0.15, 0.2) is 0 Å². The Balaban J connectivity index is 0.00000261. The van der Waals surface area contributed by atoms with Crippen LogP contribution in [0.25, 0.3) is 0 Å². The van der Waals surface area contributed by atoms with Crippen molar-refractivity contribution in [2.75, 3.05) is 6.54 Å². The van der Waals surface area contributed by atoms with E-state index in [1.54, 1.807) is 0 Å². The molecule has 0 aromatic heterocycles. The Kier molecular flexibility index (Phi) is 8.77. The fraction of sp³-hybridized carbons (Fsp3) is 0.280. The van der Waals surface area contributed by atoms with Gasteiger partial charge in [-0.1, -0.05) is 91.0 Å². The summed E-state index contributed by atoms with van der Waals surface area (Å²) in [5, 5.41) is 0. The number of halogens is 1. The maximum atomic E-state index is 4.11. The van der Waals surface area contributed by atoms with E-state index >= 15 is 0 Å². The maximum absolute atomic E-state index is 4.11. The van der Waals surface area contributed by atoms with Crippen molar-refractivity contribution in [2.24, 2.45) is 5.41 Å². The standard InChI is InChI=1S/C25H29N.BrH/c26-18-10-17-25(19-22-11-4-1-5-12-22,20-23-13-6-2-7-14-23)21-24-15-8-3-9-16-24;/h1-9,11-16H,10,17-21,26H2;1H. The predicted octanol–water partition coefficient (Wildman–Crippen LogP) is 1.73. The van der Waals surface area contributed by atoms with Crippen LogP contribution in [0.1, 0.15) is 29.5 Å². The van der Waals surface area contributed by atoms with E-state index in [2.05, 4.69) is 96.7 Å². The van der Waals surface area contributed by atoms with E-state index in [0.29, 0.717) is 0 Å². The highest BCUT2D eigenvalue weighted by atomic mass is 79.9. The lowest BCUT2D eigenvalue weighted by Gasteiger charge is -2.35. The quantitative estimate of drug-likeness (QED) is 0.542. The monoisotopic (exact) mass is 423 g/mol. The molecule has 0 amide bonds. The number of benzene rings is 3. The minimum absolute atomic E-state index is 0. The molecular weight excluding hydrogens is 394 g/mol. The zero-order chi connectivity index (χ0) is 18.1. The molecule has 142 valence electrons. The summed E-state index contributed by atoms with van der Waals surface area (Å²) < 4.78 is 0. The normalized spacial score (nSPS) is 11.0. The molecule has 0 bridgehead atoms. The Morgan fingerprint density at radius 1 is 0.556 bits per heavy atom.